The number of hydrogen-bond acceptors (Lipinski definition) is 12. The number of rotatable bonds is 7. The lowest BCUT2D eigenvalue weighted by molar-refractivity contribution is 0.0463. The maximum absolute atomic E-state index is 11.7. The standard InChI is InChI=1S/C12H15N3O5.C9H11N3O3/c1-3-5-19-11(16)8-6-7-9(20-8)10(13)14-15(7)12(17)18-4-2;1-2-3-14-9(13)6-4-5-7(15-6)8(10)12-11-5/h6H,3-5H2,1-2H3,(H2,13,14);4H,2-3H2,1H3,(H3,10,11,12). The first kappa shape index (κ1) is 25.1. The average Bonchev–Trinajstić information content (AvgIpc) is 3.60. The van der Waals surface area contributed by atoms with Crippen molar-refractivity contribution >= 4 is 51.9 Å². The van der Waals surface area contributed by atoms with Crippen LogP contribution in [0.15, 0.2) is 21.0 Å². The first-order chi connectivity index (χ1) is 16.8. The largest absolute Gasteiger partial charge is 0.460 e. The Morgan fingerprint density at radius 2 is 1.51 bits per heavy atom. The molecule has 0 aliphatic heterocycles. The second-order valence-corrected chi connectivity index (χ2v) is 7.06. The van der Waals surface area contributed by atoms with Gasteiger partial charge in [-0.05, 0) is 19.8 Å². The number of hydrogen-bond donors (Lipinski definition) is 3. The molecular weight excluding hydrogens is 464 g/mol. The molecule has 0 radical (unpaired) electrons. The number of fused-ring (bicyclic) bond motifs is 2. The van der Waals surface area contributed by atoms with Crippen LogP contribution < -0.4 is 11.5 Å². The molecule has 0 aliphatic carbocycles. The number of esters is 2. The van der Waals surface area contributed by atoms with Crippen molar-refractivity contribution in [3.05, 3.63) is 23.7 Å². The van der Waals surface area contributed by atoms with E-state index >= 15 is 0 Å². The number of anilines is 2. The number of aromatic nitrogens is 4. The van der Waals surface area contributed by atoms with Gasteiger partial charge in [0.25, 0.3) is 0 Å². The predicted molar refractivity (Wildman–Crippen MR) is 123 cm³/mol. The van der Waals surface area contributed by atoms with Crippen LogP contribution in [0.1, 0.15) is 54.7 Å². The first-order valence-electron chi connectivity index (χ1n) is 10.8. The summed E-state index contributed by atoms with van der Waals surface area (Å²) in [5.74, 6) is -0.754. The number of nitrogen functional groups attached to an aromatic ring is 2. The van der Waals surface area contributed by atoms with E-state index in [1.807, 2.05) is 13.8 Å². The Morgan fingerprint density at radius 1 is 0.914 bits per heavy atom. The number of nitrogens with two attached hydrogens (primary N) is 2. The molecule has 0 bridgehead atoms. The fourth-order valence-corrected chi connectivity index (χ4v) is 2.82. The van der Waals surface area contributed by atoms with E-state index in [9.17, 15) is 14.4 Å². The molecule has 0 aromatic carbocycles. The Labute approximate surface area is 198 Å². The summed E-state index contributed by atoms with van der Waals surface area (Å²) in [6, 6.07) is 2.88. The van der Waals surface area contributed by atoms with Crippen molar-refractivity contribution < 1.29 is 37.4 Å². The van der Waals surface area contributed by atoms with E-state index in [1.165, 1.54) is 12.1 Å². The van der Waals surface area contributed by atoms with Gasteiger partial charge in [-0.1, -0.05) is 13.8 Å². The molecule has 4 aromatic heterocycles. The summed E-state index contributed by atoms with van der Waals surface area (Å²) in [5, 5.41) is 10.2. The Morgan fingerprint density at radius 3 is 2.09 bits per heavy atom. The van der Waals surface area contributed by atoms with Gasteiger partial charge in [0.15, 0.2) is 22.8 Å². The minimum atomic E-state index is -0.691. The van der Waals surface area contributed by atoms with Crippen molar-refractivity contribution in [2.75, 3.05) is 31.3 Å². The van der Waals surface area contributed by atoms with E-state index in [1.54, 1.807) is 6.92 Å². The summed E-state index contributed by atoms with van der Waals surface area (Å²) >= 11 is 0. The van der Waals surface area contributed by atoms with Gasteiger partial charge in [0.1, 0.15) is 11.0 Å². The molecule has 0 atom stereocenters. The van der Waals surface area contributed by atoms with E-state index < -0.39 is 18.0 Å². The lowest BCUT2D eigenvalue weighted by Crippen LogP contribution is -2.15. The van der Waals surface area contributed by atoms with Crippen LogP contribution in [-0.2, 0) is 14.2 Å². The number of carbonyl (C=O) groups is 3. The quantitative estimate of drug-likeness (QED) is 0.252. The molecule has 35 heavy (non-hydrogen) atoms. The molecule has 5 N–H and O–H groups in total. The van der Waals surface area contributed by atoms with Crippen LogP contribution in [0.25, 0.3) is 22.2 Å². The van der Waals surface area contributed by atoms with E-state index in [0.717, 1.165) is 11.1 Å². The fraction of sp³-hybridized carbons (Fsp3) is 0.381. The molecule has 0 aliphatic rings. The van der Waals surface area contributed by atoms with Gasteiger partial charge < -0.3 is 34.5 Å². The summed E-state index contributed by atoms with van der Waals surface area (Å²) in [6.07, 6.45) is 0.780. The van der Waals surface area contributed by atoms with Crippen molar-refractivity contribution in [2.24, 2.45) is 0 Å². The highest BCUT2D eigenvalue weighted by atomic mass is 16.6. The summed E-state index contributed by atoms with van der Waals surface area (Å²) in [4.78, 5) is 34.8. The normalized spacial score (nSPS) is 10.7. The lowest BCUT2D eigenvalue weighted by atomic mass is 10.4. The highest BCUT2D eigenvalue weighted by Crippen LogP contribution is 2.25. The van der Waals surface area contributed by atoms with Gasteiger partial charge in [-0.15, -0.1) is 5.10 Å². The van der Waals surface area contributed by atoms with Gasteiger partial charge in [0.2, 0.25) is 11.5 Å². The Hall–Kier alpha value is -4.49. The number of carbonyl (C=O) groups excluding carboxylic acids is 3. The van der Waals surface area contributed by atoms with Crippen molar-refractivity contribution in [3.8, 4) is 0 Å². The molecule has 0 spiro atoms. The highest BCUT2D eigenvalue weighted by Gasteiger charge is 2.23. The third-order valence-corrected chi connectivity index (χ3v) is 4.36. The minimum absolute atomic E-state index is 0.00240. The smallest absolute Gasteiger partial charge is 0.435 e. The molecule has 0 amide bonds. The van der Waals surface area contributed by atoms with Crippen LogP contribution in [0.5, 0.6) is 0 Å². The van der Waals surface area contributed by atoms with Crippen LogP contribution in [0, 0.1) is 0 Å². The van der Waals surface area contributed by atoms with Crippen molar-refractivity contribution in [1.82, 2.24) is 20.0 Å². The molecular formula is C21H26N6O8. The zero-order valence-corrected chi connectivity index (χ0v) is 19.5. The van der Waals surface area contributed by atoms with Crippen molar-refractivity contribution in [1.29, 1.82) is 0 Å². The van der Waals surface area contributed by atoms with E-state index in [0.29, 0.717) is 24.1 Å². The number of ether oxygens (including phenoxy) is 3. The van der Waals surface area contributed by atoms with E-state index in [2.05, 4.69) is 15.3 Å². The third-order valence-electron chi connectivity index (χ3n) is 4.36. The second kappa shape index (κ2) is 11.1. The summed E-state index contributed by atoms with van der Waals surface area (Å²) in [6.45, 7) is 6.33. The van der Waals surface area contributed by atoms with Gasteiger partial charge in [0.05, 0.1) is 19.8 Å². The molecule has 0 fully saturated rings. The van der Waals surface area contributed by atoms with Gasteiger partial charge in [-0.3, -0.25) is 5.10 Å². The average molecular weight is 490 g/mol. The molecule has 188 valence electrons. The first-order valence-corrected chi connectivity index (χ1v) is 10.8. The van der Waals surface area contributed by atoms with Gasteiger partial charge in [0, 0.05) is 12.1 Å². The third kappa shape index (κ3) is 5.54. The zero-order chi connectivity index (χ0) is 25.5. The lowest BCUT2D eigenvalue weighted by Gasteiger charge is -2.00. The van der Waals surface area contributed by atoms with Crippen LogP contribution in [0.2, 0.25) is 0 Å². The van der Waals surface area contributed by atoms with Crippen molar-refractivity contribution in [3.63, 3.8) is 0 Å². The zero-order valence-electron chi connectivity index (χ0n) is 19.5. The number of furan rings is 2. The van der Waals surface area contributed by atoms with Crippen LogP contribution >= 0.6 is 0 Å². The Bertz CT molecular complexity index is 1330. The van der Waals surface area contributed by atoms with Crippen molar-refractivity contribution in [2.45, 2.75) is 33.6 Å². The number of nitrogens with one attached hydrogen (secondary N) is 1. The minimum Gasteiger partial charge on any atom is -0.460 e. The Balaban J connectivity index is 0.000000203. The van der Waals surface area contributed by atoms with Crippen LogP contribution in [0.3, 0.4) is 0 Å². The van der Waals surface area contributed by atoms with Gasteiger partial charge in [-0.25, -0.2) is 14.4 Å². The number of H-pyrrole nitrogens is 1. The molecule has 14 heteroatoms. The second-order valence-electron chi connectivity index (χ2n) is 7.06. The molecule has 0 saturated heterocycles. The molecule has 0 unspecified atom stereocenters. The van der Waals surface area contributed by atoms with Crippen LogP contribution in [-0.4, -0.2) is 57.8 Å². The maximum atomic E-state index is 11.7. The van der Waals surface area contributed by atoms with E-state index in [-0.39, 0.29) is 47.5 Å². The van der Waals surface area contributed by atoms with E-state index in [4.69, 9.17) is 34.5 Å². The molecule has 14 nitrogen and oxygen atoms in total. The summed E-state index contributed by atoms with van der Waals surface area (Å²) in [7, 11) is 0. The van der Waals surface area contributed by atoms with Crippen LogP contribution in [0.4, 0.5) is 16.4 Å². The number of aromatic amines is 1. The monoisotopic (exact) mass is 490 g/mol. The summed E-state index contributed by atoms with van der Waals surface area (Å²) in [5.41, 5.74) is 12.5. The predicted octanol–water partition coefficient (Wildman–Crippen LogP) is 3.09. The highest BCUT2D eigenvalue weighted by molar-refractivity contribution is 5.97. The number of nitrogens with zero attached hydrogens (tertiary/aromatic N) is 3. The SMILES string of the molecule is CCCOC(=O)c1cc2[nH]nc(N)c2o1.CCCOC(=O)c1cc2c(o1)c(N)nn2C(=O)OCC. The van der Waals surface area contributed by atoms with Gasteiger partial charge in [-0.2, -0.15) is 9.78 Å². The molecule has 4 rings (SSSR count). The molecule has 0 saturated carbocycles. The maximum Gasteiger partial charge on any atom is 0.435 e. The summed E-state index contributed by atoms with van der Waals surface area (Å²) < 4.78 is 26.1. The van der Waals surface area contributed by atoms with Gasteiger partial charge >= 0.3 is 18.0 Å². The Kier molecular flexibility index (Phi) is 7.96. The molecule has 4 heterocycles. The molecule has 4 aromatic rings. The fourth-order valence-electron chi connectivity index (χ4n) is 2.82. The topological polar surface area (TPSA) is 204 Å².